The van der Waals surface area contributed by atoms with Gasteiger partial charge in [-0.25, -0.2) is 4.79 Å². The number of urea groups is 1. The monoisotopic (exact) mass is 374 g/mol. The van der Waals surface area contributed by atoms with Gasteiger partial charge >= 0.3 is 6.03 Å². The lowest BCUT2D eigenvalue weighted by atomic mass is 10.2. The Morgan fingerprint density at radius 3 is 2.92 bits per heavy atom. The van der Waals surface area contributed by atoms with E-state index in [9.17, 15) is 9.59 Å². The van der Waals surface area contributed by atoms with Crippen LogP contribution in [0.5, 0.6) is 0 Å². The number of halogens is 1. The van der Waals surface area contributed by atoms with Crippen LogP contribution in [0.4, 0.5) is 10.5 Å². The molecule has 1 aromatic carbocycles. The lowest BCUT2D eigenvalue weighted by Gasteiger charge is -2.10. The third-order valence-electron chi connectivity index (χ3n) is 4.47. The molecule has 1 aromatic heterocycles. The van der Waals surface area contributed by atoms with Gasteiger partial charge in [0.15, 0.2) is 5.82 Å². The molecule has 0 bridgehead atoms. The lowest BCUT2D eigenvalue weighted by molar-refractivity contribution is 0.0951. The summed E-state index contributed by atoms with van der Waals surface area (Å²) < 4.78 is 2.03. The summed E-state index contributed by atoms with van der Waals surface area (Å²) in [7, 11) is 0. The van der Waals surface area contributed by atoms with Crippen molar-refractivity contribution in [2.75, 3.05) is 5.32 Å². The zero-order valence-corrected chi connectivity index (χ0v) is 14.8. The van der Waals surface area contributed by atoms with Gasteiger partial charge in [0.25, 0.3) is 5.91 Å². The second kappa shape index (κ2) is 6.95. The van der Waals surface area contributed by atoms with E-state index in [0.29, 0.717) is 22.8 Å². The molecule has 3 amide bonds. The maximum Gasteiger partial charge on any atom is 0.319 e. The molecule has 0 atom stereocenters. The van der Waals surface area contributed by atoms with E-state index in [-0.39, 0.29) is 18.0 Å². The van der Waals surface area contributed by atoms with Crippen molar-refractivity contribution in [2.24, 2.45) is 0 Å². The van der Waals surface area contributed by atoms with Gasteiger partial charge < -0.3 is 20.5 Å². The van der Waals surface area contributed by atoms with Gasteiger partial charge in [0.05, 0.1) is 17.1 Å². The minimum absolute atomic E-state index is 0.222. The fraction of sp³-hybridized carbons (Fsp3) is 0.412. The molecule has 1 saturated carbocycles. The molecular weight excluding hydrogens is 356 g/mol. The number of fused-ring (bicyclic) bond motifs is 1. The number of rotatable bonds is 5. The molecule has 1 aliphatic carbocycles. The minimum Gasteiger partial charge on any atom is -0.349 e. The van der Waals surface area contributed by atoms with Crippen LogP contribution >= 0.6 is 11.6 Å². The molecule has 0 spiro atoms. The van der Waals surface area contributed by atoms with Gasteiger partial charge in [-0.15, -0.1) is 10.2 Å². The number of aryl methyl sites for hydroxylation is 1. The van der Waals surface area contributed by atoms with Crippen LogP contribution in [0.15, 0.2) is 18.2 Å². The van der Waals surface area contributed by atoms with Crippen LogP contribution in [0, 0.1) is 0 Å². The molecule has 2 aliphatic rings. The summed E-state index contributed by atoms with van der Waals surface area (Å²) in [5.74, 6) is 1.49. The Labute approximate surface area is 155 Å². The Kier molecular flexibility index (Phi) is 4.50. The van der Waals surface area contributed by atoms with E-state index in [0.717, 1.165) is 43.9 Å². The van der Waals surface area contributed by atoms with Crippen LogP contribution < -0.4 is 16.0 Å². The lowest BCUT2D eigenvalue weighted by Crippen LogP contribution is -2.30. The zero-order valence-electron chi connectivity index (χ0n) is 14.1. The summed E-state index contributed by atoms with van der Waals surface area (Å²) >= 11 is 6.11. The quantitative estimate of drug-likeness (QED) is 0.745. The van der Waals surface area contributed by atoms with Gasteiger partial charge in [0.2, 0.25) is 0 Å². The number of carbonyl (C=O) groups excluding carboxylic acids is 2. The fourth-order valence-corrected chi connectivity index (χ4v) is 3.15. The maximum absolute atomic E-state index is 12.2. The predicted molar refractivity (Wildman–Crippen MR) is 96.1 cm³/mol. The van der Waals surface area contributed by atoms with Crippen LogP contribution in [-0.4, -0.2) is 32.7 Å². The Hall–Kier alpha value is -2.61. The van der Waals surface area contributed by atoms with Gasteiger partial charge in [-0.3, -0.25) is 4.79 Å². The second-order valence-corrected chi connectivity index (χ2v) is 6.94. The normalized spacial score (nSPS) is 15.4. The molecule has 1 fully saturated rings. The predicted octanol–water partition coefficient (Wildman–Crippen LogP) is 2.09. The van der Waals surface area contributed by atoms with Crippen LogP contribution in [-0.2, 0) is 19.5 Å². The molecule has 9 heteroatoms. The molecule has 2 heterocycles. The van der Waals surface area contributed by atoms with Gasteiger partial charge in [0, 0.05) is 24.7 Å². The molecule has 26 heavy (non-hydrogen) atoms. The van der Waals surface area contributed by atoms with Crippen LogP contribution in [0.2, 0.25) is 5.02 Å². The summed E-state index contributed by atoms with van der Waals surface area (Å²) in [4.78, 5) is 24.4. The molecule has 0 radical (unpaired) electrons. The molecule has 2 aromatic rings. The first-order valence-electron chi connectivity index (χ1n) is 8.66. The van der Waals surface area contributed by atoms with Crippen molar-refractivity contribution in [3.05, 3.63) is 40.4 Å². The van der Waals surface area contributed by atoms with Crippen molar-refractivity contribution in [3.8, 4) is 0 Å². The van der Waals surface area contributed by atoms with Crippen molar-refractivity contribution < 1.29 is 9.59 Å². The summed E-state index contributed by atoms with van der Waals surface area (Å²) in [6.07, 6.45) is 3.97. The number of nitrogens with one attached hydrogen (secondary N) is 3. The van der Waals surface area contributed by atoms with Crippen LogP contribution in [0.1, 0.15) is 41.3 Å². The number of hydrogen-bond acceptors (Lipinski definition) is 4. The van der Waals surface area contributed by atoms with Crippen molar-refractivity contribution in [1.29, 1.82) is 0 Å². The number of amides is 3. The van der Waals surface area contributed by atoms with E-state index in [1.165, 1.54) is 0 Å². The van der Waals surface area contributed by atoms with Gasteiger partial charge in [0.1, 0.15) is 5.82 Å². The Morgan fingerprint density at radius 1 is 1.27 bits per heavy atom. The van der Waals surface area contributed by atoms with Crippen molar-refractivity contribution in [1.82, 2.24) is 25.4 Å². The average molecular weight is 375 g/mol. The largest absolute Gasteiger partial charge is 0.349 e. The first kappa shape index (κ1) is 16.8. The SMILES string of the molecule is O=C(NCc1nnc2n1CCC2)Nc1ccc(Cl)c(C(=O)NC2CC2)c1. The third-order valence-corrected chi connectivity index (χ3v) is 4.80. The molecule has 4 rings (SSSR count). The molecule has 8 nitrogen and oxygen atoms in total. The molecule has 136 valence electrons. The maximum atomic E-state index is 12.2. The van der Waals surface area contributed by atoms with E-state index in [2.05, 4.69) is 26.1 Å². The molecule has 1 aliphatic heterocycles. The van der Waals surface area contributed by atoms with Crippen molar-refractivity contribution >= 4 is 29.2 Å². The van der Waals surface area contributed by atoms with E-state index < -0.39 is 0 Å². The topological polar surface area (TPSA) is 101 Å². The summed E-state index contributed by atoms with van der Waals surface area (Å²) in [5, 5.41) is 16.9. The Bertz CT molecular complexity index is 861. The second-order valence-electron chi connectivity index (χ2n) is 6.54. The van der Waals surface area contributed by atoms with Crippen molar-refractivity contribution in [3.63, 3.8) is 0 Å². The third kappa shape index (κ3) is 3.65. The molecule has 0 saturated heterocycles. The highest BCUT2D eigenvalue weighted by atomic mass is 35.5. The summed E-state index contributed by atoms with van der Waals surface area (Å²) in [6.45, 7) is 1.18. The molecular formula is C17H19ClN6O2. The number of hydrogen-bond donors (Lipinski definition) is 3. The Morgan fingerprint density at radius 2 is 2.12 bits per heavy atom. The number of aromatic nitrogens is 3. The van der Waals surface area contributed by atoms with Crippen LogP contribution in [0.3, 0.4) is 0 Å². The first-order valence-corrected chi connectivity index (χ1v) is 9.04. The number of nitrogens with zero attached hydrogens (tertiary/aromatic N) is 3. The highest BCUT2D eigenvalue weighted by molar-refractivity contribution is 6.34. The highest BCUT2D eigenvalue weighted by Gasteiger charge is 2.25. The van der Waals surface area contributed by atoms with Crippen molar-refractivity contribution in [2.45, 2.75) is 44.8 Å². The Balaban J connectivity index is 1.36. The molecule has 3 N–H and O–H groups in total. The summed E-state index contributed by atoms with van der Waals surface area (Å²) in [6, 6.07) is 4.70. The minimum atomic E-state index is -0.378. The highest BCUT2D eigenvalue weighted by Crippen LogP contribution is 2.24. The van der Waals surface area contributed by atoms with Gasteiger partial charge in [-0.1, -0.05) is 11.6 Å². The number of benzene rings is 1. The van der Waals surface area contributed by atoms with E-state index >= 15 is 0 Å². The number of anilines is 1. The van der Waals surface area contributed by atoms with E-state index in [1.807, 2.05) is 4.57 Å². The molecule has 0 unspecified atom stereocenters. The number of carbonyl (C=O) groups is 2. The van der Waals surface area contributed by atoms with E-state index in [4.69, 9.17) is 11.6 Å². The van der Waals surface area contributed by atoms with Crippen LogP contribution in [0.25, 0.3) is 0 Å². The smallest absolute Gasteiger partial charge is 0.319 e. The van der Waals surface area contributed by atoms with Gasteiger partial charge in [-0.2, -0.15) is 0 Å². The van der Waals surface area contributed by atoms with E-state index in [1.54, 1.807) is 18.2 Å². The first-order chi connectivity index (χ1) is 12.6. The fourth-order valence-electron chi connectivity index (χ4n) is 2.94. The average Bonchev–Trinajstić information content (AvgIpc) is 3.16. The standard InChI is InChI=1S/C17H19ClN6O2/c18-13-6-5-11(8-12(13)16(25)20-10-3-4-10)21-17(26)19-9-15-23-22-14-2-1-7-24(14)15/h5-6,8,10H,1-4,7,9H2,(H,20,25)(H2,19,21,26). The zero-order chi connectivity index (χ0) is 18.1. The van der Waals surface area contributed by atoms with Gasteiger partial charge in [-0.05, 0) is 37.5 Å². The summed E-state index contributed by atoms with van der Waals surface area (Å²) in [5.41, 5.74) is 0.853.